The van der Waals surface area contributed by atoms with E-state index >= 15 is 0 Å². The maximum atomic E-state index is 11.8. The number of aromatic nitrogens is 2. The van der Waals surface area contributed by atoms with Gasteiger partial charge in [0.15, 0.2) is 0 Å². The minimum Gasteiger partial charge on any atom is -0.394 e. The third-order valence-electron chi connectivity index (χ3n) is 2.92. The van der Waals surface area contributed by atoms with E-state index in [1.54, 1.807) is 10.9 Å². The van der Waals surface area contributed by atoms with Crippen molar-refractivity contribution in [1.29, 1.82) is 0 Å². The lowest BCUT2D eigenvalue weighted by Crippen LogP contribution is -2.38. The fraction of sp³-hybridized carbons (Fsp3) is 0.385. The Hall–Kier alpha value is -1.88. The molecule has 0 spiro atoms. The molecule has 0 aliphatic heterocycles. The molecule has 0 saturated heterocycles. The highest BCUT2D eigenvalue weighted by Crippen LogP contribution is 2.11. The van der Waals surface area contributed by atoms with Gasteiger partial charge in [-0.15, -0.1) is 0 Å². The van der Waals surface area contributed by atoms with E-state index in [2.05, 4.69) is 10.3 Å². The van der Waals surface area contributed by atoms with Crippen molar-refractivity contribution in [3.05, 3.63) is 30.6 Å². The van der Waals surface area contributed by atoms with Crippen LogP contribution in [0, 0.1) is 0 Å². The highest BCUT2D eigenvalue weighted by Gasteiger charge is 2.10. The molecule has 2 N–H and O–H groups in total. The molecule has 2 aromatic rings. The van der Waals surface area contributed by atoms with Crippen LogP contribution >= 0.6 is 0 Å². The van der Waals surface area contributed by atoms with Gasteiger partial charge in [-0.25, -0.2) is 4.98 Å². The summed E-state index contributed by atoms with van der Waals surface area (Å²) in [6.45, 7) is 2.11. The predicted octanol–water partition coefficient (Wildman–Crippen LogP) is 0.923. The Kier molecular flexibility index (Phi) is 3.94. The molecule has 0 aliphatic rings. The van der Waals surface area contributed by atoms with Crippen molar-refractivity contribution in [2.45, 2.75) is 25.9 Å². The van der Waals surface area contributed by atoms with Gasteiger partial charge >= 0.3 is 0 Å². The fourth-order valence-corrected chi connectivity index (χ4v) is 1.84. The number of rotatable bonds is 5. The van der Waals surface area contributed by atoms with Gasteiger partial charge in [0.2, 0.25) is 5.91 Å². The van der Waals surface area contributed by atoms with Crippen molar-refractivity contribution in [2.75, 3.05) is 6.61 Å². The van der Waals surface area contributed by atoms with Crippen LogP contribution in [-0.4, -0.2) is 33.2 Å². The maximum absolute atomic E-state index is 11.8. The van der Waals surface area contributed by atoms with Crippen molar-refractivity contribution in [3.8, 4) is 0 Å². The number of aliphatic hydroxyl groups is 1. The van der Waals surface area contributed by atoms with Crippen LogP contribution in [0.4, 0.5) is 0 Å². The van der Waals surface area contributed by atoms with E-state index < -0.39 is 0 Å². The van der Waals surface area contributed by atoms with E-state index in [0.29, 0.717) is 6.42 Å². The molecule has 1 amide bonds. The van der Waals surface area contributed by atoms with Crippen molar-refractivity contribution < 1.29 is 9.90 Å². The summed E-state index contributed by atoms with van der Waals surface area (Å²) in [5.74, 6) is -0.112. The molecule has 0 fully saturated rings. The third kappa shape index (κ3) is 2.68. The smallest absolute Gasteiger partial charge is 0.240 e. The fourth-order valence-electron chi connectivity index (χ4n) is 1.84. The summed E-state index contributed by atoms with van der Waals surface area (Å²) in [6.07, 6.45) is 2.37. The van der Waals surface area contributed by atoms with Gasteiger partial charge in [0.1, 0.15) is 6.54 Å². The number of benzene rings is 1. The van der Waals surface area contributed by atoms with Gasteiger partial charge < -0.3 is 15.0 Å². The van der Waals surface area contributed by atoms with E-state index in [1.165, 1.54) is 0 Å². The molecule has 2 rings (SSSR count). The van der Waals surface area contributed by atoms with Crippen LogP contribution in [-0.2, 0) is 11.3 Å². The van der Waals surface area contributed by atoms with Crippen LogP contribution < -0.4 is 5.32 Å². The first-order valence-electron chi connectivity index (χ1n) is 6.04. The molecule has 1 atom stereocenters. The van der Waals surface area contributed by atoms with Gasteiger partial charge in [-0.3, -0.25) is 4.79 Å². The first-order valence-corrected chi connectivity index (χ1v) is 6.04. The van der Waals surface area contributed by atoms with Crippen molar-refractivity contribution in [2.24, 2.45) is 0 Å². The standard InChI is InChI=1S/C13H17N3O2/c1-2-10(8-17)15-13(18)7-16-9-14-11-5-3-4-6-12(11)16/h3-6,9-10,17H,2,7-8H2,1H3,(H,15,18). The van der Waals surface area contributed by atoms with E-state index in [0.717, 1.165) is 11.0 Å². The van der Waals surface area contributed by atoms with Gasteiger partial charge in [0, 0.05) is 0 Å². The SMILES string of the molecule is CCC(CO)NC(=O)Cn1cnc2ccccc21. The Bertz CT molecular complexity index is 532. The summed E-state index contributed by atoms with van der Waals surface area (Å²) in [5.41, 5.74) is 1.81. The number of nitrogens with one attached hydrogen (secondary N) is 1. The van der Waals surface area contributed by atoms with E-state index in [-0.39, 0.29) is 25.1 Å². The molecule has 96 valence electrons. The monoisotopic (exact) mass is 247 g/mol. The number of nitrogens with zero attached hydrogens (tertiary/aromatic N) is 2. The third-order valence-corrected chi connectivity index (χ3v) is 2.92. The average Bonchev–Trinajstić information content (AvgIpc) is 2.79. The average molecular weight is 247 g/mol. The molecule has 1 heterocycles. The number of imidazole rings is 1. The molecule has 1 unspecified atom stereocenters. The zero-order valence-electron chi connectivity index (χ0n) is 10.3. The number of amides is 1. The normalized spacial score (nSPS) is 12.6. The summed E-state index contributed by atoms with van der Waals surface area (Å²) < 4.78 is 1.80. The maximum Gasteiger partial charge on any atom is 0.240 e. The van der Waals surface area contributed by atoms with Gasteiger partial charge in [0.05, 0.1) is 30.0 Å². The zero-order chi connectivity index (χ0) is 13.0. The van der Waals surface area contributed by atoms with Gasteiger partial charge in [-0.1, -0.05) is 19.1 Å². The molecule has 18 heavy (non-hydrogen) atoms. The Morgan fingerprint density at radius 3 is 3.00 bits per heavy atom. The lowest BCUT2D eigenvalue weighted by Gasteiger charge is -2.14. The zero-order valence-corrected chi connectivity index (χ0v) is 10.3. The first kappa shape index (κ1) is 12.6. The molecule has 0 aliphatic carbocycles. The predicted molar refractivity (Wildman–Crippen MR) is 69.0 cm³/mol. The molecule has 0 saturated carbocycles. The number of hydrogen-bond acceptors (Lipinski definition) is 3. The Morgan fingerprint density at radius 2 is 2.28 bits per heavy atom. The highest BCUT2D eigenvalue weighted by molar-refractivity contribution is 5.80. The molecule has 1 aromatic carbocycles. The topological polar surface area (TPSA) is 67.2 Å². The van der Waals surface area contributed by atoms with Gasteiger partial charge in [-0.2, -0.15) is 0 Å². The molecule has 5 nitrogen and oxygen atoms in total. The number of hydrogen-bond donors (Lipinski definition) is 2. The summed E-state index contributed by atoms with van der Waals surface area (Å²) in [6, 6.07) is 7.50. The van der Waals surface area contributed by atoms with Gasteiger partial charge in [-0.05, 0) is 18.6 Å². The Morgan fingerprint density at radius 1 is 1.50 bits per heavy atom. The second-order valence-electron chi connectivity index (χ2n) is 4.22. The summed E-state index contributed by atoms with van der Waals surface area (Å²) in [5, 5.41) is 11.8. The van der Waals surface area contributed by atoms with Crippen molar-refractivity contribution >= 4 is 16.9 Å². The second-order valence-corrected chi connectivity index (χ2v) is 4.22. The largest absolute Gasteiger partial charge is 0.394 e. The van der Waals surface area contributed by atoms with Crippen LogP contribution in [0.2, 0.25) is 0 Å². The molecule has 1 aromatic heterocycles. The van der Waals surface area contributed by atoms with Crippen LogP contribution in [0.25, 0.3) is 11.0 Å². The second kappa shape index (κ2) is 5.64. The molecule has 5 heteroatoms. The molecular weight excluding hydrogens is 230 g/mol. The number of para-hydroxylation sites is 2. The van der Waals surface area contributed by atoms with E-state index in [4.69, 9.17) is 5.11 Å². The Balaban J connectivity index is 2.07. The van der Waals surface area contributed by atoms with Crippen LogP contribution in [0.3, 0.4) is 0 Å². The summed E-state index contributed by atoms with van der Waals surface area (Å²) in [7, 11) is 0. The van der Waals surface area contributed by atoms with Crippen LogP contribution in [0.15, 0.2) is 30.6 Å². The van der Waals surface area contributed by atoms with Crippen molar-refractivity contribution in [3.63, 3.8) is 0 Å². The summed E-state index contributed by atoms with van der Waals surface area (Å²) in [4.78, 5) is 16.0. The quantitative estimate of drug-likeness (QED) is 0.825. The summed E-state index contributed by atoms with van der Waals surface area (Å²) >= 11 is 0. The van der Waals surface area contributed by atoms with E-state index in [9.17, 15) is 4.79 Å². The van der Waals surface area contributed by atoms with Gasteiger partial charge in [0.25, 0.3) is 0 Å². The van der Waals surface area contributed by atoms with Crippen LogP contribution in [0.5, 0.6) is 0 Å². The minimum absolute atomic E-state index is 0.0348. The number of fused-ring (bicyclic) bond motifs is 1. The molecule has 0 bridgehead atoms. The number of carbonyl (C=O) groups is 1. The van der Waals surface area contributed by atoms with Crippen molar-refractivity contribution in [1.82, 2.24) is 14.9 Å². The highest BCUT2D eigenvalue weighted by atomic mass is 16.3. The lowest BCUT2D eigenvalue weighted by atomic mass is 10.2. The lowest BCUT2D eigenvalue weighted by molar-refractivity contribution is -0.122. The minimum atomic E-state index is -0.174. The van der Waals surface area contributed by atoms with E-state index in [1.807, 2.05) is 31.2 Å². The number of aliphatic hydroxyl groups excluding tert-OH is 1. The van der Waals surface area contributed by atoms with Crippen LogP contribution in [0.1, 0.15) is 13.3 Å². The molecular formula is C13H17N3O2. The first-order chi connectivity index (χ1) is 8.74. The molecule has 0 radical (unpaired) electrons. The number of carbonyl (C=O) groups excluding carboxylic acids is 1. The Labute approximate surface area is 105 Å².